The van der Waals surface area contributed by atoms with Crippen LogP contribution in [0.1, 0.15) is 78.9 Å². The maximum atomic E-state index is 11.6. The number of aromatic nitrogens is 4. The molecule has 0 aliphatic carbocycles. The first kappa shape index (κ1) is 36.9. The molecule has 1 aliphatic rings. The number of nitrogens with zero attached hydrogens (tertiary/aromatic N) is 6. The van der Waals surface area contributed by atoms with Crippen LogP contribution in [0.3, 0.4) is 0 Å². The molecular weight excluding hydrogens is 766 g/mol. The molecule has 8 bridgehead atoms. The second-order valence-corrected chi connectivity index (χ2v) is 13.7. The van der Waals surface area contributed by atoms with Gasteiger partial charge in [-0.05, 0) is 94.8 Å². The predicted molar refractivity (Wildman–Crippen MR) is 210 cm³/mol. The Bertz CT molecular complexity index is 2420. The van der Waals surface area contributed by atoms with E-state index < -0.39 is 9.85 Å². The van der Waals surface area contributed by atoms with E-state index in [1.54, 1.807) is 24.3 Å². The molecule has 0 saturated heterocycles. The molecular formula is C46H30N6O4Zn. The molecule has 0 N–H and O–H groups in total. The molecule has 0 fully saturated rings. The van der Waals surface area contributed by atoms with Crippen molar-refractivity contribution in [2.24, 2.45) is 0 Å². The zero-order valence-corrected chi connectivity index (χ0v) is 33.8. The average Bonchev–Trinajstić information content (AvgIpc) is 4.05. The summed E-state index contributed by atoms with van der Waals surface area (Å²) in [4.78, 5) is 43.3. The van der Waals surface area contributed by atoms with Crippen LogP contribution >= 0.6 is 0 Å². The standard InChI is InChI=1S/C46H30N6O4.Zn/c1-27-3-7-29(8-4-27)43-35-19-23-39(47-35)45(31-11-15-33(16-12-31)51(53)54)41-25-21-37(49-41)44(30-9-5-28(2)6-10-30)38-22-26-42(50-38)46(40-24-20-36(43)48-40)32-13-17-34(18-14-32)52(55)56;/h3-26H,1-2H3;. The van der Waals surface area contributed by atoms with Crippen molar-refractivity contribution >= 4 is 11.4 Å². The Hall–Kier alpha value is -7.10. The summed E-state index contributed by atoms with van der Waals surface area (Å²) in [6.45, 7) is 4.07. The Morgan fingerprint density at radius 3 is 0.737 bits per heavy atom. The van der Waals surface area contributed by atoms with Crippen LogP contribution in [-0.2, 0) is 19.5 Å². The number of fused-ring (bicyclic) bond motifs is 8. The molecule has 8 aromatic rings. The number of nitro benzene ring substituents is 2. The Morgan fingerprint density at radius 1 is 0.351 bits per heavy atom. The average molecular weight is 796 g/mol. The van der Waals surface area contributed by atoms with E-state index in [2.05, 4.69) is 0 Å². The molecule has 5 heterocycles. The fraction of sp³-hybridized carbons (Fsp3) is 0.0435. The Kier molecular flexibility index (Phi) is 9.61. The summed E-state index contributed by atoms with van der Waals surface area (Å²) >= 11 is 0. The van der Waals surface area contributed by atoms with E-state index in [4.69, 9.17) is 19.9 Å². The van der Waals surface area contributed by atoms with Gasteiger partial charge < -0.3 is 19.9 Å². The smallest absolute Gasteiger partial charge is 0.284 e. The van der Waals surface area contributed by atoms with Crippen molar-refractivity contribution in [3.63, 3.8) is 0 Å². The van der Waals surface area contributed by atoms with Gasteiger partial charge in [0, 0.05) is 140 Å². The van der Waals surface area contributed by atoms with Gasteiger partial charge in [-0.3, -0.25) is 20.2 Å². The van der Waals surface area contributed by atoms with Gasteiger partial charge in [-0.25, -0.2) is 0 Å². The van der Waals surface area contributed by atoms with Crippen LogP contribution < -0.4 is 19.9 Å². The van der Waals surface area contributed by atoms with Crippen LogP contribution in [0.15, 0.2) is 146 Å². The van der Waals surface area contributed by atoms with Gasteiger partial charge in [0.2, 0.25) is 0 Å². The molecule has 57 heavy (non-hydrogen) atoms. The zero-order chi connectivity index (χ0) is 38.5. The van der Waals surface area contributed by atoms with Gasteiger partial charge in [0.1, 0.15) is 0 Å². The summed E-state index contributed by atoms with van der Waals surface area (Å²) in [6, 6.07) is 44.9. The van der Waals surface area contributed by atoms with Gasteiger partial charge in [0.05, 0.1) is 56.4 Å². The zero-order valence-electron chi connectivity index (χ0n) is 30.9. The Labute approximate surface area is 341 Å². The molecule has 10 nitrogen and oxygen atoms in total. The number of nitro groups is 2. The number of aryl methyl sites for hydroxylation is 2. The van der Waals surface area contributed by atoms with Gasteiger partial charge in [-0.2, -0.15) is 0 Å². The van der Waals surface area contributed by atoms with E-state index >= 15 is 0 Å². The van der Waals surface area contributed by atoms with Crippen LogP contribution in [0, 0.1) is 57.7 Å². The first-order valence-corrected chi connectivity index (χ1v) is 17.9. The van der Waals surface area contributed by atoms with Gasteiger partial charge in [-0.1, -0.05) is 0 Å². The van der Waals surface area contributed by atoms with Crippen molar-refractivity contribution in [3.8, 4) is 0 Å². The first-order valence-electron chi connectivity index (χ1n) is 17.9. The summed E-state index contributed by atoms with van der Waals surface area (Å²) in [5.41, 5.74) is 10.8. The predicted octanol–water partition coefficient (Wildman–Crippen LogP) is 8.34. The van der Waals surface area contributed by atoms with Crippen LogP contribution in [0.25, 0.3) is 0 Å². The normalized spacial score (nSPS) is 12.4. The quantitative estimate of drug-likeness (QED) is 0.0708. The summed E-state index contributed by atoms with van der Waals surface area (Å²) in [6.07, 6.45) is 0. The first-order chi connectivity index (χ1) is 27.2. The molecule has 0 atom stereocenters. The maximum absolute atomic E-state index is 11.6. The van der Waals surface area contributed by atoms with Gasteiger partial charge in [-0.15, -0.1) is 0 Å². The van der Waals surface area contributed by atoms with Crippen molar-refractivity contribution in [3.05, 3.63) is 268 Å². The third-order valence-corrected chi connectivity index (χ3v) is 10.0. The number of hydrogen-bond donors (Lipinski definition) is 0. The van der Waals surface area contributed by atoms with E-state index in [-0.39, 0.29) is 30.9 Å². The van der Waals surface area contributed by atoms with Gasteiger partial charge >= 0.3 is 0 Å². The molecule has 1 aliphatic heterocycles. The molecule has 0 spiro atoms. The number of hydrogen-bond acceptors (Lipinski definition) is 4. The molecule has 0 unspecified atom stereocenters. The molecule has 0 saturated carbocycles. The SMILES string of the molecule is Cc1ccc([C+]2c3ccc([n-]3)[C+](c3ccc([N+](=O)[O-])cc3)c3ccc([n-]3)[C+](c3ccc(C)cc3)c3ccc([n-]3)[C+](c3ccc([N+](=O)[O-])cc3)c3ccc2[n-]3)cc1.[Zn]. The van der Waals surface area contributed by atoms with Crippen molar-refractivity contribution in [2.75, 3.05) is 0 Å². The van der Waals surface area contributed by atoms with Crippen LogP contribution in [-0.4, -0.2) is 9.85 Å². The van der Waals surface area contributed by atoms with Gasteiger partial charge in [0.25, 0.3) is 11.4 Å². The Morgan fingerprint density at radius 2 is 0.544 bits per heavy atom. The summed E-state index contributed by atoms with van der Waals surface area (Å²) in [5, 5.41) is 23.2. The van der Waals surface area contributed by atoms with Gasteiger partial charge in [0.15, 0.2) is 0 Å². The van der Waals surface area contributed by atoms with E-state index in [1.165, 1.54) is 24.3 Å². The van der Waals surface area contributed by atoms with Crippen LogP contribution in [0.5, 0.6) is 0 Å². The second kappa shape index (κ2) is 14.9. The largest absolute Gasteiger partial charge is 0.628 e. The molecule has 4 aromatic carbocycles. The van der Waals surface area contributed by atoms with E-state index in [0.717, 1.165) is 57.1 Å². The van der Waals surface area contributed by atoms with Crippen molar-refractivity contribution in [2.45, 2.75) is 13.8 Å². The van der Waals surface area contributed by atoms with Crippen molar-refractivity contribution in [1.29, 1.82) is 0 Å². The van der Waals surface area contributed by atoms with Crippen molar-refractivity contribution in [1.82, 2.24) is 19.9 Å². The third-order valence-electron chi connectivity index (χ3n) is 10.0. The molecule has 0 radical (unpaired) electrons. The molecule has 9 rings (SSSR count). The fourth-order valence-electron chi connectivity index (χ4n) is 7.21. The minimum Gasteiger partial charge on any atom is -0.628 e. The number of non-ortho nitro benzene ring substituents is 2. The number of rotatable bonds is 6. The van der Waals surface area contributed by atoms with Crippen molar-refractivity contribution < 1.29 is 29.3 Å². The second-order valence-electron chi connectivity index (χ2n) is 13.7. The Balaban J connectivity index is 0.00000455. The molecule has 11 heteroatoms. The fourth-order valence-corrected chi connectivity index (χ4v) is 7.21. The maximum Gasteiger partial charge on any atom is 0.284 e. The topological polar surface area (TPSA) is 143 Å². The van der Waals surface area contributed by atoms with Crippen LogP contribution in [0.2, 0.25) is 0 Å². The van der Waals surface area contributed by atoms with E-state index in [9.17, 15) is 20.2 Å². The third kappa shape index (κ3) is 6.90. The summed E-state index contributed by atoms with van der Waals surface area (Å²) in [5.74, 6) is 3.06. The van der Waals surface area contributed by atoms with E-state index in [1.807, 2.05) is 111 Å². The monoisotopic (exact) mass is 794 g/mol. The minimum atomic E-state index is -0.413. The molecule has 4 aromatic heterocycles. The summed E-state index contributed by atoms with van der Waals surface area (Å²) in [7, 11) is 0. The number of benzene rings is 4. The van der Waals surface area contributed by atoms with E-state index in [0.29, 0.717) is 45.6 Å². The van der Waals surface area contributed by atoms with Crippen LogP contribution in [0.4, 0.5) is 11.4 Å². The molecule has 270 valence electrons. The minimum absolute atomic E-state index is 0. The summed E-state index contributed by atoms with van der Waals surface area (Å²) < 4.78 is 0. The molecule has 0 amide bonds.